The molecule has 1 aliphatic heterocycles. The Labute approximate surface area is 122 Å². The molecule has 2 amide bonds. The Morgan fingerprint density at radius 1 is 1.33 bits per heavy atom. The number of carboxylic acid groups (broad SMARTS) is 1. The van der Waals surface area contributed by atoms with Crippen LogP contribution in [0.5, 0.6) is 5.75 Å². The first kappa shape index (κ1) is 15.1. The monoisotopic (exact) mass is 294 g/mol. The number of likely N-dealkylation sites (tertiary alicyclic amines) is 1. The molecule has 114 valence electrons. The number of rotatable bonds is 3. The van der Waals surface area contributed by atoms with Crippen molar-refractivity contribution in [3.05, 3.63) is 24.3 Å². The van der Waals surface area contributed by atoms with Gasteiger partial charge in [0.25, 0.3) is 0 Å². The van der Waals surface area contributed by atoms with Gasteiger partial charge in [-0.2, -0.15) is 0 Å². The molecule has 1 heterocycles. The van der Waals surface area contributed by atoms with Crippen LogP contribution in [-0.2, 0) is 4.79 Å². The SMILES string of the molecule is CC1(O)CCN(C(=O)N(CC(=O)O)c2ccc(O)cc2)C1. The normalized spacial score (nSPS) is 21.3. The first-order valence-corrected chi connectivity index (χ1v) is 6.58. The van der Waals surface area contributed by atoms with Crippen LogP contribution in [0.2, 0.25) is 0 Å². The zero-order chi connectivity index (χ0) is 15.6. The fraction of sp³-hybridized carbons (Fsp3) is 0.429. The van der Waals surface area contributed by atoms with E-state index in [0.717, 1.165) is 4.90 Å². The summed E-state index contributed by atoms with van der Waals surface area (Å²) in [6, 6.07) is 5.25. The highest BCUT2D eigenvalue weighted by Crippen LogP contribution is 2.24. The van der Waals surface area contributed by atoms with Crippen molar-refractivity contribution in [3.63, 3.8) is 0 Å². The Morgan fingerprint density at radius 2 is 1.95 bits per heavy atom. The van der Waals surface area contributed by atoms with E-state index in [2.05, 4.69) is 0 Å². The molecule has 7 heteroatoms. The van der Waals surface area contributed by atoms with Crippen molar-refractivity contribution >= 4 is 17.7 Å². The Hall–Kier alpha value is -2.28. The number of aliphatic hydroxyl groups is 1. The molecule has 0 saturated carbocycles. The molecule has 1 fully saturated rings. The summed E-state index contributed by atoms with van der Waals surface area (Å²) < 4.78 is 0. The van der Waals surface area contributed by atoms with Crippen molar-refractivity contribution in [2.24, 2.45) is 0 Å². The molecule has 1 aromatic rings. The minimum absolute atomic E-state index is 0.0329. The van der Waals surface area contributed by atoms with Crippen LogP contribution in [0.25, 0.3) is 0 Å². The number of amides is 2. The van der Waals surface area contributed by atoms with Crippen LogP contribution in [0.3, 0.4) is 0 Å². The van der Waals surface area contributed by atoms with E-state index in [4.69, 9.17) is 5.11 Å². The third-order valence-corrected chi connectivity index (χ3v) is 3.41. The molecule has 0 spiro atoms. The van der Waals surface area contributed by atoms with Gasteiger partial charge in [-0.25, -0.2) is 4.79 Å². The molecule has 0 aromatic heterocycles. The molecule has 1 unspecified atom stereocenters. The van der Waals surface area contributed by atoms with Gasteiger partial charge in [-0.3, -0.25) is 9.69 Å². The molecule has 0 bridgehead atoms. The number of carbonyl (C=O) groups excluding carboxylic acids is 1. The number of aliphatic carboxylic acids is 1. The molecule has 0 aliphatic carbocycles. The Bertz CT molecular complexity index is 541. The van der Waals surface area contributed by atoms with E-state index in [1.807, 2.05) is 0 Å². The van der Waals surface area contributed by atoms with Gasteiger partial charge in [-0.1, -0.05) is 0 Å². The second-order valence-electron chi connectivity index (χ2n) is 5.45. The summed E-state index contributed by atoms with van der Waals surface area (Å²) in [6.07, 6.45) is 0.454. The maximum absolute atomic E-state index is 12.5. The van der Waals surface area contributed by atoms with Gasteiger partial charge >= 0.3 is 12.0 Å². The van der Waals surface area contributed by atoms with E-state index in [0.29, 0.717) is 18.7 Å². The Morgan fingerprint density at radius 3 is 2.43 bits per heavy atom. The zero-order valence-electron chi connectivity index (χ0n) is 11.7. The lowest BCUT2D eigenvalue weighted by Crippen LogP contribution is -2.45. The number of hydrogen-bond donors (Lipinski definition) is 3. The van der Waals surface area contributed by atoms with Gasteiger partial charge in [-0.15, -0.1) is 0 Å². The Kier molecular flexibility index (Phi) is 4.04. The number of urea groups is 1. The van der Waals surface area contributed by atoms with E-state index in [1.165, 1.54) is 29.2 Å². The molecule has 3 N–H and O–H groups in total. The van der Waals surface area contributed by atoms with E-state index in [9.17, 15) is 19.8 Å². The number of carboxylic acids is 1. The van der Waals surface area contributed by atoms with Crippen LogP contribution < -0.4 is 4.90 Å². The quantitative estimate of drug-likeness (QED) is 0.767. The number of benzene rings is 1. The number of β-amino-alcohol motifs (C(OH)–C–C–N with tert-alkyl or cyclic N) is 1. The van der Waals surface area contributed by atoms with E-state index in [1.54, 1.807) is 6.92 Å². The molecular formula is C14H18N2O5. The van der Waals surface area contributed by atoms with E-state index >= 15 is 0 Å². The molecule has 1 saturated heterocycles. The fourth-order valence-electron chi connectivity index (χ4n) is 2.32. The topological polar surface area (TPSA) is 101 Å². The van der Waals surface area contributed by atoms with Crippen molar-refractivity contribution < 1.29 is 24.9 Å². The van der Waals surface area contributed by atoms with Crippen molar-refractivity contribution in [3.8, 4) is 5.75 Å². The van der Waals surface area contributed by atoms with Crippen LogP contribution in [0.4, 0.5) is 10.5 Å². The van der Waals surface area contributed by atoms with Gasteiger partial charge in [-0.05, 0) is 37.6 Å². The number of aromatic hydroxyl groups is 1. The molecule has 1 aromatic carbocycles. The third-order valence-electron chi connectivity index (χ3n) is 3.41. The first-order chi connectivity index (χ1) is 9.78. The van der Waals surface area contributed by atoms with Gasteiger partial charge in [0, 0.05) is 12.2 Å². The molecule has 1 aliphatic rings. The summed E-state index contributed by atoms with van der Waals surface area (Å²) in [7, 11) is 0. The minimum atomic E-state index is -1.14. The number of nitrogens with zero attached hydrogens (tertiary/aromatic N) is 2. The third kappa shape index (κ3) is 3.63. The molecule has 2 rings (SSSR count). The van der Waals surface area contributed by atoms with Crippen molar-refractivity contribution in [1.82, 2.24) is 4.90 Å². The highest BCUT2D eigenvalue weighted by atomic mass is 16.4. The molecular weight excluding hydrogens is 276 g/mol. The summed E-state index contributed by atoms with van der Waals surface area (Å²) in [4.78, 5) is 26.0. The number of anilines is 1. The minimum Gasteiger partial charge on any atom is -0.508 e. The molecule has 21 heavy (non-hydrogen) atoms. The average Bonchev–Trinajstić information content (AvgIpc) is 2.76. The van der Waals surface area contributed by atoms with Crippen LogP contribution in [-0.4, -0.2) is 57.5 Å². The van der Waals surface area contributed by atoms with Gasteiger partial charge in [0.1, 0.15) is 12.3 Å². The van der Waals surface area contributed by atoms with Gasteiger partial charge in [0.15, 0.2) is 0 Å². The lowest BCUT2D eigenvalue weighted by Gasteiger charge is -2.27. The number of carbonyl (C=O) groups is 2. The van der Waals surface area contributed by atoms with Crippen LogP contribution in [0, 0.1) is 0 Å². The van der Waals surface area contributed by atoms with Crippen molar-refractivity contribution in [1.29, 1.82) is 0 Å². The number of hydrogen-bond acceptors (Lipinski definition) is 4. The van der Waals surface area contributed by atoms with E-state index < -0.39 is 24.1 Å². The van der Waals surface area contributed by atoms with Crippen LogP contribution >= 0.6 is 0 Å². The number of phenols is 1. The highest BCUT2D eigenvalue weighted by Gasteiger charge is 2.36. The lowest BCUT2D eigenvalue weighted by atomic mass is 10.1. The average molecular weight is 294 g/mol. The zero-order valence-corrected chi connectivity index (χ0v) is 11.7. The van der Waals surface area contributed by atoms with Crippen LogP contribution in [0.15, 0.2) is 24.3 Å². The molecule has 1 atom stereocenters. The molecule has 7 nitrogen and oxygen atoms in total. The van der Waals surface area contributed by atoms with Gasteiger partial charge < -0.3 is 20.2 Å². The largest absolute Gasteiger partial charge is 0.508 e. The number of phenolic OH excluding ortho intramolecular Hbond substituents is 1. The second kappa shape index (κ2) is 5.61. The van der Waals surface area contributed by atoms with E-state index in [-0.39, 0.29) is 12.3 Å². The van der Waals surface area contributed by atoms with Crippen LogP contribution in [0.1, 0.15) is 13.3 Å². The smallest absolute Gasteiger partial charge is 0.325 e. The molecule has 0 radical (unpaired) electrons. The fourth-order valence-corrected chi connectivity index (χ4v) is 2.32. The predicted octanol–water partition coefficient (Wildman–Crippen LogP) is 0.860. The van der Waals surface area contributed by atoms with Crippen molar-refractivity contribution in [2.75, 3.05) is 24.5 Å². The summed E-state index contributed by atoms with van der Waals surface area (Å²) in [6.45, 7) is 1.70. The Balaban J connectivity index is 2.21. The summed E-state index contributed by atoms with van der Waals surface area (Å²) in [5.41, 5.74) is -0.564. The van der Waals surface area contributed by atoms with Crippen molar-refractivity contribution in [2.45, 2.75) is 18.9 Å². The lowest BCUT2D eigenvalue weighted by molar-refractivity contribution is -0.135. The summed E-state index contributed by atoms with van der Waals surface area (Å²) in [5, 5.41) is 28.2. The standard InChI is InChI=1S/C14H18N2O5/c1-14(21)6-7-15(9-14)13(20)16(8-12(18)19)10-2-4-11(17)5-3-10/h2-5,17,21H,6-9H2,1H3,(H,18,19). The van der Waals surface area contributed by atoms with Gasteiger partial charge in [0.05, 0.1) is 12.1 Å². The summed E-state index contributed by atoms with van der Waals surface area (Å²) in [5.74, 6) is -1.10. The van der Waals surface area contributed by atoms with Gasteiger partial charge in [0.2, 0.25) is 0 Å². The summed E-state index contributed by atoms with van der Waals surface area (Å²) >= 11 is 0. The maximum atomic E-state index is 12.5. The second-order valence-corrected chi connectivity index (χ2v) is 5.45. The maximum Gasteiger partial charge on any atom is 0.325 e. The highest BCUT2D eigenvalue weighted by molar-refractivity contribution is 5.96. The first-order valence-electron chi connectivity index (χ1n) is 6.58. The predicted molar refractivity (Wildman–Crippen MR) is 75.3 cm³/mol.